The fourth-order valence-electron chi connectivity index (χ4n) is 2.92. The minimum Gasteiger partial charge on any atom is -0.493 e. The second-order valence-electron chi connectivity index (χ2n) is 6.33. The number of carbonyl (C=O) groups excluding carboxylic acids is 1. The van der Waals surface area contributed by atoms with Crippen LogP contribution in [0.2, 0.25) is 10.0 Å². The molecule has 0 unspecified atom stereocenters. The Kier molecular flexibility index (Phi) is 6.18. The van der Waals surface area contributed by atoms with Crippen molar-refractivity contribution < 1.29 is 18.7 Å². The van der Waals surface area contributed by atoms with E-state index in [9.17, 15) is 4.79 Å². The van der Waals surface area contributed by atoms with Crippen LogP contribution in [0.4, 0.5) is 5.13 Å². The first-order valence-corrected chi connectivity index (χ1v) is 10.7. The number of methoxy groups -OCH3 is 2. The van der Waals surface area contributed by atoms with Crippen LogP contribution in [0.5, 0.6) is 11.5 Å². The monoisotopic (exact) mass is 474 g/mol. The predicted octanol–water partition coefficient (Wildman–Crippen LogP) is 6.65. The van der Waals surface area contributed by atoms with Gasteiger partial charge in [0.15, 0.2) is 22.4 Å². The van der Waals surface area contributed by atoms with Crippen LogP contribution in [-0.4, -0.2) is 25.1 Å². The molecule has 0 saturated heterocycles. The number of halogens is 2. The molecule has 0 fully saturated rings. The van der Waals surface area contributed by atoms with Crippen LogP contribution in [0.1, 0.15) is 10.6 Å². The topological polar surface area (TPSA) is 73.6 Å². The molecule has 0 aliphatic heterocycles. The Labute approximate surface area is 192 Å². The quantitative estimate of drug-likeness (QED) is 0.338. The minimum atomic E-state index is -0.419. The highest BCUT2D eigenvalue weighted by atomic mass is 35.5. The number of ether oxygens (including phenoxy) is 2. The number of nitrogens with zero attached hydrogens (tertiary/aromatic N) is 1. The van der Waals surface area contributed by atoms with Crippen molar-refractivity contribution in [3.63, 3.8) is 0 Å². The fraction of sp³-hybridized carbons (Fsp3) is 0.0909. The summed E-state index contributed by atoms with van der Waals surface area (Å²) in [7, 11) is 3.15. The van der Waals surface area contributed by atoms with Gasteiger partial charge in [-0.1, -0.05) is 29.3 Å². The first-order valence-electron chi connectivity index (χ1n) is 9.03. The highest BCUT2D eigenvalue weighted by Crippen LogP contribution is 2.35. The third-order valence-electron chi connectivity index (χ3n) is 4.45. The maximum absolute atomic E-state index is 12.6. The van der Waals surface area contributed by atoms with Gasteiger partial charge in [-0.15, -0.1) is 11.3 Å². The molecule has 4 aromatic rings. The zero-order valence-corrected chi connectivity index (χ0v) is 18.8. The van der Waals surface area contributed by atoms with Gasteiger partial charge >= 0.3 is 0 Å². The summed E-state index contributed by atoms with van der Waals surface area (Å²) in [5.41, 5.74) is 2.15. The van der Waals surface area contributed by atoms with E-state index in [4.69, 9.17) is 37.1 Å². The number of anilines is 1. The highest BCUT2D eigenvalue weighted by Gasteiger charge is 2.17. The molecular weight excluding hydrogens is 459 g/mol. The average Bonchev–Trinajstić information content (AvgIpc) is 3.45. The first-order chi connectivity index (χ1) is 15.0. The van der Waals surface area contributed by atoms with Crippen LogP contribution < -0.4 is 14.8 Å². The molecule has 4 rings (SSSR count). The van der Waals surface area contributed by atoms with Gasteiger partial charge in [0.05, 0.1) is 30.0 Å². The van der Waals surface area contributed by atoms with Gasteiger partial charge in [-0.25, -0.2) is 4.98 Å². The molecule has 6 nitrogen and oxygen atoms in total. The number of amides is 1. The zero-order chi connectivity index (χ0) is 22.0. The van der Waals surface area contributed by atoms with Crippen molar-refractivity contribution in [2.75, 3.05) is 19.5 Å². The van der Waals surface area contributed by atoms with E-state index in [2.05, 4.69) is 10.3 Å². The Balaban J connectivity index is 1.51. The minimum absolute atomic E-state index is 0.133. The van der Waals surface area contributed by atoms with E-state index >= 15 is 0 Å². The SMILES string of the molecule is COc1ccc(-c2csc(NC(=O)c3ccc(-c4cccc(Cl)c4Cl)o3)n2)cc1OC. The maximum atomic E-state index is 12.6. The number of hydrogen-bond donors (Lipinski definition) is 1. The second-order valence-corrected chi connectivity index (χ2v) is 7.97. The van der Waals surface area contributed by atoms with Gasteiger partial charge in [-0.3, -0.25) is 10.1 Å². The number of thiazole rings is 1. The number of rotatable bonds is 6. The third kappa shape index (κ3) is 4.39. The van der Waals surface area contributed by atoms with Crippen LogP contribution in [-0.2, 0) is 0 Å². The van der Waals surface area contributed by atoms with E-state index in [1.165, 1.54) is 11.3 Å². The summed E-state index contributed by atoms with van der Waals surface area (Å²) in [4.78, 5) is 17.1. The van der Waals surface area contributed by atoms with Gasteiger partial charge in [-0.2, -0.15) is 0 Å². The van der Waals surface area contributed by atoms with Crippen molar-refractivity contribution in [2.45, 2.75) is 0 Å². The summed E-state index contributed by atoms with van der Waals surface area (Å²) in [5, 5.41) is 5.81. The number of carbonyl (C=O) groups is 1. The predicted molar refractivity (Wildman–Crippen MR) is 123 cm³/mol. The molecule has 2 heterocycles. The molecule has 0 spiro atoms. The van der Waals surface area contributed by atoms with Gasteiger partial charge < -0.3 is 13.9 Å². The van der Waals surface area contributed by atoms with Gasteiger partial charge in [0.1, 0.15) is 5.76 Å². The summed E-state index contributed by atoms with van der Waals surface area (Å²) in [6.45, 7) is 0. The van der Waals surface area contributed by atoms with Crippen molar-refractivity contribution in [3.8, 4) is 34.1 Å². The Hall–Kier alpha value is -3.00. The van der Waals surface area contributed by atoms with Gasteiger partial charge in [0.25, 0.3) is 5.91 Å². The lowest BCUT2D eigenvalue weighted by Gasteiger charge is -2.08. The van der Waals surface area contributed by atoms with E-state index in [0.717, 1.165) is 5.56 Å². The highest BCUT2D eigenvalue weighted by molar-refractivity contribution is 7.14. The second kappa shape index (κ2) is 9.01. The molecule has 0 aliphatic carbocycles. The molecule has 31 heavy (non-hydrogen) atoms. The van der Waals surface area contributed by atoms with E-state index in [0.29, 0.717) is 43.7 Å². The summed E-state index contributed by atoms with van der Waals surface area (Å²) in [6.07, 6.45) is 0. The summed E-state index contributed by atoms with van der Waals surface area (Å²) in [6, 6.07) is 14.0. The lowest BCUT2D eigenvalue weighted by atomic mass is 10.1. The number of nitrogens with one attached hydrogen (secondary N) is 1. The van der Waals surface area contributed by atoms with Gasteiger partial charge in [-0.05, 0) is 42.5 Å². The zero-order valence-electron chi connectivity index (χ0n) is 16.4. The van der Waals surface area contributed by atoms with Crippen molar-refractivity contribution in [2.24, 2.45) is 0 Å². The summed E-state index contributed by atoms with van der Waals surface area (Å²) >= 11 is 13.6. The average molecular weight is 475 g/mol. The van der Waals surface area contributed by atoms with Crippen molar-refractivity contribution >= 4 is 45.6 Å². The van der Waals surface area contributed by atoms with Crippen LogP contribution in [0.25, 0.3) is 22.6 Å². The molecule has 0 aliphatic rings. The largest absolute Gasteiger partial charge is 0.493 e. The Morgan fingerprint density at radius 1 is 1.06 bits per heavy atom. The molecule has 0 bridgehead atoms. The van der Waals surface area contributed by atoms with E-state index < -0.39 is 5.91 Å². The number of hydrogen-bond acceptors (Lipinski definition) is 6. The molecule has 0 atom stereocenters. The Morgan fingerprint density at radius 3 is 2.65 bits per heavy atom. The summed E-state index contributed by atoms with van der Waals surface area (Å²) in [5.74, 6) is 1.39. The van der Waals surface area contributed by atoms with E-state index in [1.807, 2.05) is 17.5 Å². The van der Waals surface area contributed by atoms with Crippen LogP contribution in [0.3, 0.4) is 0 Å². The standard InChI is InChI=1S/C22H16Cl2N2O4S/c1-28-17-7-6-12(10-19(17)29-2)15-11-31-22(25-15)26-21(27)18-9-8-16(30-18)13-4-3-5-14(23)20(13)24/h3-11H,1-2H3,(H,25,26,27). The lowest BCUT2D eigenvalue weighted by molar-refractivity contribution is 0.0997. The molecule has 9 heteroatoms. The van der Waals surface area contributed by atoms with E-state index in [-0.39, 0.29) is 5.76 Å². The molecular formula is C22H16Cl2N2O4S. The molecule has 1 N–H and O–H groups in total. The normalized spacial score (nSPS) is 10.7. The van der Waals surface area contributed by atoms with Crippen LogP contribution >= 0.6 is 34.5 Å². The maximum Gasteiger partial charge on any atom is 0.293 e. The van der Waals surface area contributed by atoms with Crippen molar-refractivity contribution in [1.29, 1.82) is 0 Å². The Morgan fingerprint density at radius 2 is 1.87 bits per heavy atom. The molecule has 158 valence electrons. The lowest BCUT2D eigenvalue weighted by Crippen LogP contribution is -2.10. The smallest absolute Gasteiger partial charge is 0.293 e. The third-order valence-corrected chi connectivity index (χ3v) is 6.03. The van der Waals surface area contributed by atoms with Gasteiger partial charge in [0.2, 0.25) is 0 Å². The van der Waals surface area contributed by atoms with Crippen molar-refractivity contribution in [3.05, 3.63) is 69.7 Å². The first kappa shape index (κ1) is 21.2. The molecule has 1 amide bonds. The van der Waals surface area contributed by atoms with Crippen LogP contribution in [0.15, 0.2) is 58.3 Å². The number of benzene rings is 2. The Bertz CT molecular complexity index is 1250. The number of aromatic nitrogens is 1. The van der Waals surface area contributed by atoms with Crippen LogP contribution in [0, 0.1) is 0 Å². The summed E-state index contributed by atoms with van der Waals surface area (Å²) < 4.78 is 16.3. The fourth-order valence-corrected chi connectivity index (χ4v) is 4.03. The molecule has 2 aromatic carbocycles. The molecule has 0 radical (unpaired) electrons. The van der Waals surface area contributed by atoms with E-state index in [1.54, 1.807) is 50.6 Å². The number of furan rings is 1. The molecule has 0 saturated carbocycles. The van der Waals surface area contributed by atoms with Crippen molar-refractivity contribution in [1.82, 2.24) is 4.98 Å². The molecule has 2 aromatic heterocycles. The van der Waals surface area contributed by atoms with Gasteiger partial charge in [0, 0.05) is 16.5 Å².